The van der Waals surface area contributed by atoms with Crippen LogP contribution in [0.5, 0.6) is 0 Å². The molecule has 8 nitrogen and oxygen atoms in total. The fourth-order valence-electron chi connectivity index (χ4n) is 3.07. The lowest BCUT2D eigenvalue weighted by molar-refractivity contribution is 0.0697. The summed E-state index contributed by atoms with van der Waals surface area (Å²) >= 11 is 0. The van der Waals surface area contributed by atoms with E-state index in [2.05, 4.69) is 15.0 Å². The summed E-state index contributed by atoms with van der Waals surface area (Å²) in [7, 11) is -3.35. The molecule has 0 unspecified atom stereocenters. The number of hydrogen-bond donors (Lipinski definition) is 2. The third-order valence-electron chi connectivity index (χ3n) is 4.48. The molecule has 2 aromatic rings. The van der Waals surface area contributed by atoms with E-state index < -0.39 is 10.0 Å². The first-order valence-corrected chi connectivity index (χ1v) is 10.8. The molecule has 0 radical (unpaired) electrons. The Bertz CT molecular complexity index is 938. The largest absolute Gasteiger partial charge is 0.349 e. The molecule has 2 N–H and O–H groups in total. The van der Waals surface area contributed by atoms with Crippen molar-refractivity contribution in [2.75, 3.05) is 24.1 Å². The number of nitrogens with one attached hydrogen (secondary N) is 2. The Balaban J connectivity index is 1.52. The summed E-state index contributed by atoms with van der Waals surface area (Å²) < 4.78 is 24.8. The van der Waals surface area contributed by atoms with E-state index >= 15 is 0 Å². The van der Waals surface area contributed by atoms with Crippen LogP contribution in [0.4, 0.5) is 5.69 Å². The van der Waals surface area contributed by atoms with Gasteiger partial charge in [0.15, 0.2) is 0 Å². The molecule has 1 fully saturated rings. The number of carbonyl (C=O) groups is 2. The minimum Gasteiger partial charge on any atom is -0.349 e. The minimum atomic E-state index is -3.35. The molecule has 0 atom stereocenters. The highest BCUT2D eigenvalue weighted by Gasteiger charge is 2.25. The molecule has 28 heavy (non-hydrogen) atoms. The van der Waals surface area contributed by atoms with Gasteiger partial charge < -0.3 is 10.2 Å². The van der Waals surface area contributed by atoms with Gasteiger partial charge >= 0.3 is 0 Å². The maximum atomic E-state index is 12.4. The van der Waals surface area contributed by atoms with Crippen LogP contribution < -0.4 is 10.0 Å². The number of nitrogens with zero attached hydrogens (tertiary/aromatic N) is 2. The summed E-state index contributed by atoms with van der Waals surface area (Å²) in [5, 5.41) is 2.97. The number of hydrogen-bond acceptors (Lipinski definition) is 5. The molecule has 1 aromatic heterocycles. The lowest BCUT2D eigenvalue weighted by Crippen LogP contribution is -2.46. The molecule has 1 aliphatic rings. The summed E-state index contributed by atoms with van der Waals surface area (Å²) in [6.07, 6.45) is 5.59. The predicted molar refractivity (Wildman–Crippen MR) is 106 cm³/mol. The topological polar surface area (TPSA) is 108 Å². The molecule has 0 bridgehead atoms. The first kappa shape index (κ1) is 19.8. The van der Waals surface area contributed by atoms with Crippen molar-refractivity contribution in [3.05, 3.63) is 59.9 Å². The number of amides is 2. The molecular weight excluding hydrogens is 380 g/mol. The molecule has 1 saturated heterocycles. The fourth-order valence-corrected chi connectivity index (χ4v) is 3.64. The van der Waals surface area contributed by atoms with Crippen molar-refractivity contribution in [2.45, 2.75) is 18.9 Å². The number of rotatable bonds is 5. The Hall–Kier alpha value is -2.94. The Morgan fingerprint density at radius 1 is 1.07 bits per heavy atom. The summed E-state index contributed by atoms with van der Waals surface area (Å²) in [5.74, 6) is -0.269. The van der Waals surface area contributed by atoms with Crippen LogP contribution in [0.1, 0.15) is 33.6 Å². The molecular formula is C19H22N4O4S. The van der Waals surface area contributed by atoms with Gasteiger partial charge in [0.25, 0.3) is 11.8 Å². The lowest BCUT2D eigenvalue weighted by atomic mass is 10.0. The first-order valence-electron chi connectivity index (χ1n) is 8.90. The molecule has 1 aliphatic heterocycles. The van der Waals surface area contributed by atoms with Crippen LogP contribution in [0.3, 0.4) is 0 Å². The first-order chi connectivity index (χ1) is 13.3. The van der Waals surface area contributed by atoms with Crippen LogP contribution in [0.2, 0.25) is 0 Å². The quantitative estimate of drug-likeness (QED) is 0.788. The Kier molecular flexibility index (Phi) is 5.93. The number of aromatic nitrogens is 1. The monoisotopic (exact) mass is 402 g/mol. The Labute approximate surface area is 164 Å². The van der Waals surface area contributed by atoms with E-state index in [9.17, 15) is 18.0 Å². The van der Waals surface area contributed by atoms with Crippen LogP contribution >= 0.6 is 0 Å². The molecule has 0 saturated carbocycles. The van der Waals surface area contributed by atoms with Gasteiger partial charge in [0.2, 0.25) is 10.0 Å². The maximum absolute atomic E-state index is 12.4. The van der Waals surface area contributed by atoms with E-state index in [1.54, 1.807) is 53.7 Å². The minimum absolute atomic E-state index is 0.0146. The second kappa shape index (κ2) is 8.39. The predicted octanol–water partition coefficient (Wildman–Crippen LogP) is 1.49. The van der Waals surface area contributed by atoms with Crippen molar-refractivity contribution < 1.29 is 18.0 Å². The summed E-state index contributed by atoms with van der Waals surface area (Å²) in [6.45, 7) is 1.13. The summed E-state index contributed by atoms with van der Waals surface area (Å²) in [4.78, 5) is 30.6. The number of piperidine rings is 1. The molecule has 2 amide bonds. The van der Waals surface area contributed by atoms with Crippen molar-refractivity contribution in [3.8, 4) is 0 Å². The zero-order valence-corrected chi connectivity index (χ0v) is 16.3. The Morgan fingerprint density at radius 3 is 2.32 bits per heavy atom. The highest BCUT2D eigenvalue weighted by molar-refractivity contribution is 7.92. The van der Waals surface area contributed by atoms with Gasteiger partial charge in [-0.3, -0.25) is 19.3 Å². The number of pyridine rings is 1. The Morgan fingerprint density at radius 2 is 1.75 bits per heavy atom. The molecule has 0 aliphatic carbocycles. The van der Waals surface area contributed by atoms with Crippen LogP contribution in [-0.2, 0) is 10.0 Å². The van der Waals surface area contributed by atoms with Crippen molar-refractivity contribution in [3.63, 3.8) is 0 Å². The normalized spacial score (nSPS) is 15.1. The lowest BCUT2D eigenvalue weighted by Gasteiger charge is -2.32. The molecule has 9 heteroatoms. The van der Waals surface area contributed by atoms with Gasteiger partial charge in [-0.05, 0) is 49.2 Å². The van der Waals surface area contributed by atoms with Crippen LogP contribution in [0, 0.1) is 0 Å². The number of anilines is 1. The highest BCUT2D eigenvalue weighted by Crippen LogP contribution is 2.15. The van der Waals surface area contributed by atoms with Gasteiger partial charge in [-0.1, -0.05) is 0 Å². The third kappa shape index (κ3) is 5.29. The maximum Gasteiger partial charge on any atom is 0.255 e. The van der Waals surface area contributed by atoms with Gasteiger partial charge in [0.1, 0.15) is 0 Å². The van der Waals surface area contributed by atoms with Crippen LogP contribution in [0.25, 0.3) is 0 Å². The van der Waals surface area contributed by atoms with E-state index in [0.29, 0.717) is 42.7 Å². The second-order valence-electron chi connectivity index (χ2n) is 6.73. The molecule has 3 rings (SSSR count). The summed E-state index contributed by atoms with van der Waals surface area (Å²) in [6, 6.07) is 9.70. The SMILES string of the molecule is CS(=O)(=O)Nc1ccc(C(=O)NC2CCN(C(=O)c3cccnc3)CC2)cc1. The number of likely N-dealkylation sites (tertiary alicyclic amines) is 1. The van der Waals surface area contributed by atoms with Crippen molar-refractivity contribution in [1.29, 1.82) is 0 Å². The van der Waals surface area contributed by atoms with Gasteiger partial charge in [0, 0.05) is 42.8 Å². The van der Waals surface area contributed by atoms with Crippen LogP contribution in [-0.4, -0.2) is 55.5 Å². The highest BCUT2D eigenvalue weighted by atomic mass is 32.2. The number of sulfonamides is 1. The zero-order chi connectivity index (χ0) is 20.1. The van der Waals surface area contributed by atoms with E-state index in [-0.39, 0.29) is 17.9 Å². The van der Waals surface area contributed by atoms with Crippen LogP contribution in [0.15, 0.2) is 48.8 Å². The van der Waals surface area contributed by atoms with Gasteiger partial charge in [-0.15, -0.1) is 0 Å². The van der Waals surface area contributed by atoms with Crippen molar-refractivity contribution >= 4 is 27.5 Å². The van der Waals surface area contributed by atoms with E-state index in [4.69, 9.17) is 0 Å². The average Bonchev–Trinajstić information content (AvgIpc) is 2.68. The van der Waals surface area contributed by atoms with E-state index in [0.717, 1.165) is 6.26 Å². The van der Waals surface area contributed by atoms with Crippen molar-refractivity contribution in [2.24, 2.45) is 0 Å². The third-order valence-corrected chi connectivity index (χ3v) is 5.08. The van der Waals surface area contributed by atoms with Crippen molar-refractivity contribution in [1.82, 2.24) is 15.2 Å². The molecule has 2 heterocycles. The smallest absolute Gasteiger partial charge is 0.255 e. The number of benzene rings is 1. The summed E-state index contributed by atoms with van der Waals surface area (Å²) in [5.41, 5.74) is 1.42. The zero-order valence-electron chi connectivity index (χ0n) is 15.5. The van der Waals surface area contributed by atoms with Gasteiger partial charge in [0.05, 0.1) is 11.8 Å². The molecule has 148 valence electrons. The van der Waals surface area contributed by atoms with E-state index in [1.165, 1.54) is 0 Å². The molecule has 0 spiro atoms. The standard InChI is InChI=1S/C19H22N4O4S/c1-28(26,27)22-17-6-4-14(5-7-17)18(24)21-16-8-11-23(12-9-16)19(25)15-3-2-10-20-13-15/h2-7,10,13,16,22H,8-9,11-12H2,1H3,(H,21,24). The average molecular weight is 402 g/mol. The fraction of sp³-hybridized carbons (Fsp3) is 0.316. The second-order valence-corrected chi connectivity index (χ2v) is 8.48. The van der Waals surface area contributed by atoms with Gasteiger partial charge in [-0.2, -0.15) is 0 Å². The van der Waals surface area contributed by atoms with Gasteiger partial charge in [-0.25, -0.2) is 8.42 Å². The molecule has 1 aromatic carbocycles. The van der Waals surface area contributed by atoms with E-state index in [1.807, 2.05) is 0 Å². The number of carbonyl (C=O) groups excluding carboxylic acids is 2.